The zero-order valence-corrected chi connectivity index (χ0v) is 15.6. The standard InChI is InChI=1S/C16H25N3O5S/c1-23-13-5-6-14(15(11-13)24-2)17-16(20)12-18-7-4-8-19(10-9-18)25(3,21)22/h5-6,11H,4,7-10,12H2,1-3H3,(H,17,20). The van der Waals surface area contributed by atoms with Gasteiger partial charge in [-0.15, -0.1) is 0 Å². The maximum absolute atomic E-state index is 12.3. The Hall–Kier alpha value is -1.84. The number of nitrogens with zero attached hydrogens (tertiary/aromatic N) is 2. The highest BCUT2D eigenvalue weighted by Crippen LogP contribution is 2.28. The van der Waals surface area contributed by atoms with Crippen LogP contribution < -0.4 is 14.8 Å². The molecule has 0 unspecified atom stereocenters. The molecule has 1 fully saturated rings. The van der Waals surface area contributed by atoms with Crippen molar-refractivity contribution in [2.75, 3.05) is 58.5 Å². The van der Waals surface area contributed by atoms with E-state index in [2.05, 4.69) is 5.32 Å². The number of hydrogen-bond acceptors (Lipinski definition) is 6. The lowest BCUT2D eigenvalue weighted by molar-refractivity contribution is -0.117. The first-order valence-corrected chi connectivity index (χ1v) is 9.87. The van der Waals surface area contributed by atoms with Gasteiger partial charge in [0.15, 0.2) is 0 Å². The summed E-state index contributed by atoms with van der Waals surface area (Å²) in [7, 11) is -0.0991. The van der Waals surface area contributed by atoms with Crippen LogP contribution in [-0.2, 0) is 14.8 Å². The molecular formula is C16H25N3O5S. The molecule has 1 N–H and O–H groups in total. The Balaban J connectivity index is 1.94. The Morgan fingerprint density at radius 2 is 1.92 bits per heavy atom. The van der Waals surface area contributed by atoms with E-state index in [1.54, 1.807) is 25.3 Å². The molecular weight excluding hydrogens is 346 g/mol. The van der Waals surface area contributed by atoms with Crippen molar-refractivity contribution in [3.05, 3.63) is 18.2 Å². The van der Waals surface area contributed by atoms with E-state index in [4.69, 9.17) is 9.47 Å². The average Bonchev–Trinajstić information content (AvgIpc) is 2.80. The Morgan fingerprint density at radius 1 is 1.16 bits per heavy atom. The molecule has 1 aliphatic heterocycles. The van der Waals surface area contributed by atoms with E-state index in [0.29, 0.717) is 49.8 Å². The van der Waals surface area contributed by atoms with E-state index in [1.165, 1.54) is 17.7 Å². The summed E-state index contributed by atoms with van der Waals surface area (Å²) < 4.78 is 35.1. The van der Waals surface area contributed by atoms with Gasteiger partial charge in [0.25, 0.3) is 0 Å². The molecule has 1 aromatic rings. The molecule has 25 heavy (non-hydrogen) atoms. The summed E-state index contributed by atoms with van der Waals surface area (Å²) in [5, 5.41) is 2.83. The summed E-state index contributed by atoms with van der Waals surface area (Å²) in [4.78, 5) is 14.3. The van der Waals surface area contributed by atoms with Gasteiger partial charge in [-0.25, -0.2) is 12.7 Å². The van der Waals surface area contributed by atoms with E-state index in [-0.39, 0.29) is 12.5 Å². The number of nitrogens with one attached hydrogen (secondary N) is 1. The quantitative estimate of drug-likeness (QED) is 0.788. The second kappa shape index (κ2) is 8.50. The van der Waals surface area contributed by atoms with Gasteiger partial charge in [0.05, 0.1) is 32.7 Å². The molecule has 9 heteroatoms. The molecule has 8 nitrogen and oxygen atoms in total. The smallest absolute Gasteiger partial charge is 0.238 e. The van der Waals surface area contributed by atoms with E-state index in [9.17, 15) is 13.2 Å². The molecule has 0 atom stereocenters. The minimum atomic E-state index is -3.19. The molecule has 0 radical (unpaired) electrons. The molecule has 0 bridgehead atoms. The van der Waals surface area contributed by atoms with Crippen LogP contribution in [0.25, 0.3) is 0 Å². The van der Waals surface area contributed by atoms with Crippen molar-refractivity contribution in [2.24, 2.45) is 0 Å². The van der Waals surface area contributed by atoms with Crippen LogP contribution in [0.4, 0.5) is 5.69 Å². The SMILES string of the molecule is COc1ccc(NC(=O)CN2CCCN(S(C)(=O)=O)CC2)c(OC)c1. The van der Waals surface area contributed by atoms with Crippen molar-refractivity contribution in [3.8, 4) is 11.5 Å². The Morgan fingerprint density at radius 3 is 2.56 bits per heavy atom. The van der Waals surface area contributed by atoms with E-state index < -0.39 is 10.0 Å². The molecule has 1 aliphatic rings. The Kier molecular flexibility index (Phi) is 6.63. The van der Waals surface area contributed by atoms with Gasteiger partial charge >= 0.3 is 0 Å². The fraction of sp³-hybridized carbons (Fsp3) is 0.562. The van der Waals surface area contributed by atoms with Crippen molar-refractivity contribution in [2.45, 2.75) is 6.42 Å². The Bertz CT molecular complexity index is 708. The largest absolute Gasteiger partial charge is 0.497 e. The topological polar surface area (TPSA) is 88.2 Å². The fourth-order valence-corrected chi connectivity index (χ4v) is 3.61. The minimum Gasteiger partial charge on any atom is -0.497 e. The van der Waals surface area contributed by atoms with Crippen LogP contribution in [0.1, 0.15) is 6.42 Å². The highest BCUT2D eigenvalue weighted by Gasteiger charge is 2.22. The predicted molar refractivity (Wildman–Crippen MR) is 95.6 cm³/mol. The molecule has 0 spiro atoms. The van der Waals surface area contributed by atoms with Gasteiger partial charge in [-0.1, -0.05) is 0 Å². The predicted octanol–water partition coefficient (Wildman–Crippen LogP) is 0.610. The first-order chi connectivity index (χ1) is 11.8. The molecule has 2 rings (SSSR count). The highest BCUT2D eigenvalue weighted by molar-refractivity contribution is 7.88. The summed E-state index contributed by atoms with van der Waals surface area (Å²) in [5.41, 5.74) is 0.570. The summed E-state index contributed by atoms with van der Waals surface area (Å²) in [6.45, 7) is 2.30. The summed E-state index contributed by atoms with van der Waals surface area (Å²) in [6.07, 6.45) is 1.91. The number of methoxy groups -OCH3 is 2. The molecule has 140 valence electrons. The van der Waals surface area contributed by atoms with Crippen LogP contribution in [0, 0.1) is 0 Å². The first kappa shape index (κ1) is 19.5. The fourth-order valence-electron chi connectivity index (χ4n) is 2.73. The lowest BCUT2D eigenvalue weighted by Gasteiger charge is -2.20. The van der Waals surface area contributed by atoms with Crippen molar-refractivity contribution in [3.63, 3.8) is 0 Å². The second-order valence-electron chi connectivity index (χ2n) is 5.91. The lowest BCUT2D eigenvalue weighted by Crippen LogP contribution is -2.37. The van der Waals surface area contributed by atoms with Crippen LogP contribution in [0.5, 0.6) is 11.5 Å². The molecule has 1 saturated heterocycles. The van der Waals surface area contributed by atoms with Crippen molar-refractivity contribution < 1.29 is 22.7 Å². The molecule has 1 aromatic carbocycles. The number of rotatable bonds is 6. The maximum Gasteiger partial charge on any atom is 0.238 e. The van der Waals surface area contributed by atoms with Crippen LogP contribution in [0.3, 0.4) is 0 Å². The monoisotopic (exact) mass is 371 g/mol. The van der Waals surface area contributed by atoms with Crippen LogP contribution in [-0.4, -0.2) is 76.7 Å². The van der Waals surface area contributed by atoms with Gasteiger partial charge in [-0.3, -0.25) is 9.69 Å². The van der Waals surface area contributed by atoms with Crippen LogP contribution in [0.2, 0.25) is 0 Å². The number of carbonyl (C=O) groups excluding carboxylic acids is 1. The summed E-state index contributed by atoms with van der Waals surface area (Å²) >= 11 is 0. The zero-order chi connectivity index (χ0) is 18.4. The van der Waals surface area contributed by atoms with E-state index >= 15 is 0 Å². The van der Waals surface area contributed by atoms with E-state index in [1.807, 2.05) is 4.90 Å². The van der Waals surface area contributed by atoms with Gasteiger partial charge in [0, 0.05) is 25.7 Å². The number of ether oxygens (including phenoxy) is 2. The number of anilines is 1. The Labute approximate surface area is 148 Å². The summed E-state index contributed by atoms with van der Waals surface area (Å²) in [6, 6.07) is 5.17. The third-order valence-corrected chi connectivity index (χ3v) is 5.37. The van der Waals surface area contributed by atoms with Crippen molar-refractivity contribution >= 4 is 21.6 Å². The molecule has 1 heterocycles. The van der Waals surface area contributed by atoms with E-state index in [0.717, 1.165) is 0 Å². The summed E-state index contributed by atoms with van der Waals surface area (Å²) in [5.74, 6) is 0.992. The van der Waals surface area contributed by atoms with Gasteiger partial charge in [0.1, 0.15) is 11.5 Å². The number of sulfonamides is 1. The lowest BCUT2D eigenvalue weighted by atomic mass is 10.2. The third kappa shape index (κ3) is 5.58. The van der Waals surface area contributed by atoms with Crippen LogP contribution >= 0.6 is 0 Å². The van der Waals surface area contributed by atoms with Gasteiger partial charge in [-0.2, -0.15) is 0 Å². The average molecular weight is 371 g/mol. The van der Waals surface area contributed by atoms with Crippen molar-refractivity contribution in [1.29, 1.82) is 0 Å². The van der Waals surface area contributed by atoms with Crippen LogP contribution in [0.15, 0.2) is 18.2 Å². The zero-order valence-electron chi connectivity index (χ0n) is 14.8. The van der Waals surface area contributed by atoms with Gasteiger partial charge in [-0.05, 0) is 25.1 Å². The maximum atomic E-state index is 12.3. The molecule has 0 aliphatic carbocycles. The molecule has 1 amide bonds. The van der Waals surface area contributed by atoms with Gasteiger partial charge < -0.3 is 14.8 Å². The number of carbonyl (C=O) groups is 1. The number of benzene rings is 1. The number of hydrogen-bond donors (Lipinski definition) is 1. The second-order valence-corrected chi connectivity index (χ2v) is 7.89. The van der Waals surface area contributed by atoms with Crippen molar-refractivity contribution in [1.82, 2.24) is 9.21 Å². The molecule has 0 aromatic heterocycles. The van der Waals surface area contributed by atoms with Gasteiger partial charge in [0.2, 0.25) is 15.9 Å². The molecule has 0 saturated carbocycles. The number of amides is 1. The normalized spacial score (nSPS) is 16.9. The first-order valence-electron chi connectivity index (χ1n) is 8.03. The third-order valence-electron chi connectivity index (χ3n) is 4.07. The highest BCUT2D eigenvalue weighted by atomic mass is 32.2. The minimum absolute atomic E-state index is 0.170.